The van der Waals surface area contributed by atoms with Gasteiger partial charge in [-0.2, -0.15) is 0 Å². The second kappa shape index (κ2) is 12.7. The molecule has 1 unspecified atom stereocenters. The van der Waals surface area contributed by atoms with Gasteiger partial charge in [0.05, 0.1) is 0 Å². The smallest absolute Gasteiger partial charge is 0.164 e. The molecule has 6 heteroatoms. The van der Waals surface area contributed by atoms with E-state index >= 15 is 0 Å². The molecule has 0 aliphatic heterocycles. The Morgan fingerprint density at radius 2 is 1.12 bits per heavy atom. The molecule has 0 N–H and O–H groups in total. The molecule has 268 valence electrons. The molecule has 7 aromatic carbocycles. The summed E-state index contributed by atoms with van der Waals surface area (Å²) in [7, 11) is 0. The number of hydrogen-bond acceptors (Lipinski definition) is 6. The summed E-state index contributed by atoms with van der Waals surface area (Å²) in [6, 6.07) is 50.9. The lowest BCUT2D eigenvalue weighted by Crippen LogP contribution is -2.01. The third-order valence-corrected chi connectivity index (χ3v) is 12.4. The van der Waals surface area contributed by atoms with Crippen molar-refractivity contribution in [2.24, 2.45) is 0 Å². The highest BCUT2D eigenvalue weighted by molar-refractivity contribution is 7.25. The average molecular weight is 750 g/mol. The number of nitrogens with zero attached hydrogens (tertiary/aromatic N) is 3. The number of hydrogen-bond donors (Lipinski definition) is 0. The lowest BCUT2D eigenvalue weighted by atomic mass is 9.92. The van der Waals surface area contributed by atoms with Crippen molar-refractivity contribution in [1.82, 2.24) is 15.0 Å². The normalized spacial score (nSPS) is 14.3. The van der Waals surface area contributed by atoms with Crippen molar-refractivity contribution in [3.05, 3.63) is 175 Å². The minimum absolute atomic E-state index is 0.352. The van der Waals surface area contributed by atoms with Crippen molar-refractivity contribution < 1.29 is 8.83 Å². The monoisotopic (exact) mass is 749 g/mol. The first-order chi connectivity index (χ1) is 28.2. The summed E-state index contributed by atoms with van der Waals surface area (Å²) in [5.74, 6) is 2.10. The SMILES string of the molecule is C1=CCC(c2ccc(-c3nc(-c4ccc5c(c4)oc4ccccc45)nc(-c4ccc(-c5ccc6c(c5)sc5ccccc56)c5oc6ccccc6c45)n3)cc2)C=C1. The molecule has 5 nitrogen and oxygen atoms in total. The maximum absolute atomic E-state index is 6.76. The van der Waals surface area contributed by atoms with E-state index in [1.54, 1.807) is 0 Å². The third-order valence-electron chi connectivity index (χ3n) is 11.3. The number of thiophene rings is 1. The highest BCUT2D eigenvalue weighted by Crippen LogP contribution is 2.44. The number of allylic oxidation sites excluding steroid dienone is 4. The van der Waals surface area contributed by atoms with Gasteiger partial charge >= 0.3 is 0 Å². The van der Waals surface area contributed by atoms with Crippen LogP contribution in [0.5, 0.6) is 0 Å². The molecular formula is C51H31N3O2S. The fourth-order valence-electron chi connectivity index (χ4n) is 8.46. The molecule has 57 heavy (non-hydrogen) atoms. The first kappa shape index (κ1) is 32.1. The minimum atomic E-state index is 0.352. The van der Waals surface area contributed by atoms with Gasteiger partial charge in [0.25, 0.3) is 0 Å². The van der Waals surface area contributed by atoms with Crippen molar-refractivity contribution in [2.75, 3.05) is 0 Å². The number of para-hydroxylation sites is 2. The highest BCUT2D eigenvalue weighted by atomic mass is 32.1. The molecule has 0 amide bonds. The van der Waals surface area contributed by atoms with Gasteiger partial charge in [-0.05, 0) is 66.1 Å². The molecule has 1 aliphatic carbocycles. The Labute approximate surface area is 330 Å². The van der Waals surface area contributed by atoms with Gasteiger partial charge in [-0.25, -0.2) is 15.0 Å². The van der Waals surface area contributed by atoms with E-state index in [-0.39, 0.29) is 0 Å². The van der Waals surface area contributed by atoms with Crippen LogP contribution in [0.3, 0.4) is 0 Å². The lowest BCUT2D eigenvalue weighted by molar-refractivity contribution is 0.669. The standard InChI is InChI=1S/C51H31N3O2S/c1-2-10-30(11-3-1)31-18-20-32(21-19-31)49-52-50(34-23-24-37-36-12-4-7-15-42(36)55-44(37)28-34)54-51(53-49)41-27-26-35(48-47(41)40-14-5-8-16-43(40)56-48)33-22-25-39-38-13-6-9-17-45(38)57-46(39)29-33/h1-10,12-30H,11H2. The topological polar surface area (TPSA) is 65.0 Å². The van der Waals surface area contributed by atoms with Crippen molar-refractivity contribution >= 4 is 75.4 Å². The van der Waals surface area contributed by atoms with E-state index in [0.717, 1.165) is 78.1 Å². The zero-order chi connectivity index (χ0) is 37.5. The Morgan fingerprint density at radius 1 is 0.474 bits per heavy atom. The largest absolute Gasteiger partial charge is 0.456 e. The van der Waals surface area contributed by atoms with Gasteiger partial charge in [0.2, 0.25) is 0 Å². The van der Waals surface area contributed by atoms with Gasteiger partial charge in [0.15, 0.2) is 17.5 Å². The predicted molar refractivity (Wildman–Crippen MR) is 235 cm³/mol. The molecule has 4 aromatic heterocycles. The second-order valence-electron chi connectivity index (χ2n) is 14.7. The summed E-state index contributed by atoms with van der Waals surface area (Å²) in [6.07, 6.45) is 9.70. The van der Waals surface area contributed by atoms with Crippen LogP contribution in [-0.4, -0.2) is 15.0 Å². The molecule has 1 aliphatic rings. The molecule has 0 saturated heterocycles. The molecule has 0 bridgehead atoms. The lowest BCUT2D eigenvalue weighted by Gasteiger charge is -2.14. The molecule has 0 fully saturated rings. The van der Waals surface area contributed by atoms with E-state index in [1.165, 1.54) is 25.7 Å². The number of rotatable bonds is 5. The molecule has 11 aromatic rings. The van der Waals surface area contributed by atoms with Gasteiger partial charge in [-0.3, -0.25) is 0 Å². The first-order valence-corrected chi connectivity index (χ1v) is 20.0. The van der Waals surface area contributed by atoms with Gasteiger partial charge in [-0.1, -0.05) is 121 Å². The average Bonchev–Trinajstić information content (AvgIpc) is 3.97. The summed E-state index contributed by atoms with van der Waals surface area (Å²) < 4.78 is 15.6. The van der Waals surface area contributed by atoms with Gasteiger partial charge < -0.3 is 8.83 Å². The van der Waals surface area contributed by atoms with E-state index in [2.05, 4.69) is 133 Å². The van der Waals surface area contributed by atoms with Crippen LogP contribution < -0.4 is 0 Å². The van der Waals surface area contributed by atoms with Gasteiger partial charge in [0.1, 0.15) is 22.3 Å². The maximum atomic E-state index is 6.76. The van der Waals surface area contributed by atoms with Crippen molar-refractivity contribution in [2.45, 2.75) is 12.3 Å². The summed E-state index contributed by atoms with van der Waals surface area (Å²) in [5.41, 5.74) is 9.31. The van der Waals surface area contributed by atoms with Crippen LogP contribution in [0.25, 0.3) is 109 Å². The number of fused-ring (bicyclic) bond motifs is 9. The summed E-state index contributed by atoms with van der Waals surface area (Å²) in [6.45, 7) is 0. The Hall–Kier alpha value is -7.15. The van der Waals surface area contributed by atoms with Crippen LogP contribution in [0.4, 0.5) is 0 Å². The van der Waals surface area contributed by atoms with Crippen molar-refractivity contribution in [3.8, 4) is 45.3 Å². The van der Waals surface area contributed by atoms with E-state index in [4.69, 9.17) is 23.8 Å². The minimum Gasteiger partial charge on any atom is -0.456 e. The molecular weight excluding hydrogens is 719 g/mol. The molecule has 1 atom stereocenters. The molecule has 4 heterocycles. The quantitative estimate of drug-likeness (QED) is 0.175. The van der Waals surface area contributed by atoms with E-state index < -0.39 is 0 Å². The number of aromatic nitrogens is 3. The first-order valence-electron chi connectivity index (χ1n) is 19.2. The van der Waals surface area contributed by atoms with E-state index in [0.29, 0.717) is 23.4 Å². The van der Waals surface area contributed by atoms with Crippen LogP contribution in [0.15, 0.2) is 179 Å². The highest BCUT2D eigenvalue weighted by Gasteiger charge is 2.22. The van der Waals surface area contributed by atoms with Crippen LogP contribution in [0, 0.1) is 0 Å². The molecule has 0 saturated carbocycles. The van der Waals surface area contributed by atoms with Crippen LogP contribution >= 0.6 is 11.3 Å². The molecule has 12 rings (SSSR count). The Kier molecular flexibility index (Phi) is 7.16. The van der Waals surface area contributed by atoms with Crippen molar-refractivity contribution in [3.63, 3.8) is 0 Å². The van der Waals surface area contributed by atoms with Crippen LogP contribution in [0.1, 0.15) is 17.9 Å². The number of benzene rings is 7. The second-order valence-corrected chi connectivity index (χ2v) is 15.7. The van der Waals surface area contributed by atoms with E-state index in [9.17, 15) is 0 Å². The van der Waals surface area contributed by atoms with Crippen LogP contribution in [-0.2, 0) is 0 Å². The van der Waals surface area contributed by atoms with Crippen molar-refractivity contribution in [1.29, 1.82) is 0 Å². The van der Waals surface area contributed by atoms with Crippen LogP contribution in [0.2, 0.25) is 0 Å². The molecule has 0 radical (unpaired) electrons. The Bertz CT molecular complexity index is 3460. The summed E-state index contributed by atoms with van der Waals surface area (Å²) in [5, 5.41) is 6.68. The zero-order valence-corrected chi connectivity index (χ0v) is 31.3. The summed E-state index contributed by atoms with van der Waals surface area (Å²) in [4.78, 5) is 15.6. The predicted octanol–water partition coefficient (Wildman–Crippen LogP) is 14.3. The van der Waals surface area contributed by atoms with Gasteiger partial charge in [-0.15, -0.1) is 11.3 Å². The number of furan rings is 2. The zero-order valence-electron chi connectivity index (χ0n) is 30.5. The third kappa shape index (κ3) is 5.25. The van der Waals surface area contributed by atoms with Gasteiger partial charge in [0, 0.05) is 69.9 Å². The fourth-order valence-corrected chi connectivity index (χ4v) is 9.61. The fraction of sp³-hybridized carbons (Fsp3) is 0.0392. The summed E-state index contributed by atoms with van der Waals surface area (Å²) >= 11 is 1.82. The Balaban J connectivity index is 1.06. The van der Waals surface area contributed by atoms with E-state index in [1.807, 2.05) is 47.7 Å². The maximum Gasteiger partial charge on any atom is 0.164 e. The molecule has 0 spiro atoms. The Morgan fingerprint density at radius 3 is 1.96 bits per heavy atom.